The van der Waals surface area contributed by atoms with E-state index in [-0.39, 0.29) is 11.8 Å². The third-order valence-corrected chi connectivity index (χ3v) is 7.15. The molecule has 0 aliphatic heterocycles. The number of hydrogen-bond acceptors (Lipinski definition) is 3. The standard InChI is InChI=1S/C27H25N3O3/c1-16-6-5-7-17-10-11-18-12-13-19-14-15-21(31)25(24(19)23(18)22(16)17)30-27(33)29(26(32)28-30)20-8-3-2-4-9-20/h5-7,10-15,20,31H,2-4,8-9H2,1H3,(H,28,32). The van der Waals surface area contributed by atoms with Crippen molar-refractivity contribution in [3.8, 4) is 11.4 Å². The van der Waals surface area contributed by atoms with Gasteiger partial charge in [-0.3, -0.25) is 0 Å². The molecule has 1 saturated carbocycles. The lowest BCUT2D eigenvalue weighted by Crippen LogP contribution is -2.33. The van der Waals surface area contributed by atoms with Gasteiger partial charge in [-0.05, 0) is 58.3 Å². The number of aromatic nitrogens is 3. The quantitative estimate of drug-likeness (QED) is 0.366. The van der Waals surface area contributed by atoms with E-state index >= 15 is 0 Å². The smallest absolute Gasteiger partial charge is 0.352 e. The lowest BCUT2D eigenvalue weighted by atomic mass is 9.93. The molecule has 1 aliphatic carbocycles. The SMILES string of the molecule is Cc1cccc2ccc3ccc4ccc(O)c(-n5[nH]c(=O)n(C6CCCCC6)c5=O)c4c3c12. The number of aromatic amines is 1. The molecule has 0 radical (unpaired) electrons. The predicted octanol–water partition coefficient (Wildman–Crippen LogP) is 5.31. The molecule has 0 spiro atoms. The first kappa shape index (κ1) is 19.9. The van der Waals surface area contributed by atoms with Crippen molar-refractivity contribution in [1.29, 1.82) is 0 Å². The van der Waals surface area contributed by atoms with Gasteiger partial charge in [-0.15, -0.1) is 0 Å². The van der Waals surface area contributed by atoms with Gasteiger partial charge in [0, 0.05) is 11.4 Å². The van der Waals surface area contributed by atoms with E-state index in [9.17, 15) is 14.7 Å². The van der Waals surface area contributed by atoms with Crippen LogP contribution in [0.4, 0.5) is 0 Å². The van der Waals surface area contributed by atoms with E-state index in [1.165, 1.54) is 9.25 Å². The zero-order valence-electron chi connectivity index (χ0n) is 18.5. The van der Waals surface area contributed by atoms with E-state index in [4.69, 9.17) is 0 Å². The molecular formula is C27H25N3O3. The number of H-pyrrole nitrogens is 1. The summed E-state index contributed by atoms with van der Waals surface area (Å²) in [5, 5.41) is 19.5. The molecule has 0 saturated heterocycles. The number of aromatic hydroxyl groups is 1. The molecular weight excluding hydrogens is 414 g/mol. The highest BCUT2D eigenvalue weighted by Crippen LogP contribution is 2.39. The van der Waals surface area contributed by atoms with Gasteiger partial charge in [0.25, 0.3) is 0 Å². The minimum absolute atomic E-state index is 0.0419. The van der Waals surface area contributed by atoms with Crippen molar-refractivity contribution in [3.63, 3.8) is 0 Å². The summed E-state index contributed by atoms with van der Waals surface area (Å²) in [5.41, 5.74) is 0.583. The van der Waals surface area contributed by atoms with Crippen LogP contribution in [0.3, 0.4) is 0 Å². The normalized spacial score (nSPS) is 15.1. The van der Waals surface area contributed by atoms with Gasteiger partial charge >= 0.3 is 11.4 Å². The van der Waals surface area contributed by atoms with E-state index < -0.39 is 11.4 Å². The highest BCUT2D eigenvalue weighted by atomic mass is 16.3. The van der Waals surface area contributed by atoms with Gasteiger partial charge in [0.15, 0.2) is 0 Å². The summed E-state index contributed by atoms with van der Waals surface area (Å²) >= 11 is 0. The topological polar surface area (TPSA) is 80.0 Å². The van der Waals surface area contributed by atoms with Crippen LogP contribution in [0.15, 0.2) is 64.2 Å². The fourth-order valence-electron chi connectivity index (χ4n) is 5.59. The minimum atomic E-state index is -0.427. The van der Waals surface area contributed by atoms with Gasteiger partial charge in [-0.25, -0.2) is 19.3 Å². The van der Waals surface area contributed by atoms with Gasteiger partial charge in [0.2, 0.25) is 0 Å². The molecule has 0 bridgehead atoms. The Morgan fingerprint density at radius 1 is 0.818 bits per heavy atom. The van der Waals surface area contributed by atoms with E-state index in [0.29, 0.717) is 5.69 Å². The molecule has 5 aromatic rings. The molecule has 1 heterocycles. The maximum atomic E-state index is 13.5. The Hall–Kier alpha value is -3.80. The van der Waals surface area contributed by atoms with Crippen LogP contribution in [-0.2, 0) is 0 Å². The van der Waals surface area contributed by atoms with Crippen molar-refractivity contribution in [2.24, 2.45) is 0 Å². The van der Waals surface area contributed by atoms with E-state index in [1.807, 2.05) is 18.2 Å². The van der Waals surface area contributed by atoms with Crippen LogP contribution in [0.25, 0.3) is 38.0 Å². The summed E-state index contributed by atoms with van der Waals surface area (Å²) in [7, 11) is 0. The second-order valence-electron chi connectivity index (χ2n) is 9.13. The molecule has 1 aliphatic rings. The molecule has 2 N–H and O–H groups in total. The summed E-state index contributed by atoms with van der Waals surface area (Å²) in [6.45, 7) is 2.07. The minimum Gasteiger partial charge on any atom is -0.506 e. The highest BCUT2D eigenvalue weighted by molar-refractivity contribution is 6.23. The van der Waals surface area contributed by atoms with E-state index in [0.717, 1.165) is 70.0 Å². The Kier molecular flexibility index (Phi) is 4.43. The Morgan fingerprint density at radius 3 is 2.18 bits per heavy atom. The largest absolute Gasteiger partial charge is 0.506 e. The van der Waals surface area contributed by atoms with Gasteiger partial charge < -0.3 is 5.11 Å². The average molecular weight is 440 g/mol. The number of hydrogen-bond donors (Lipinski definition) is 2. The number of aryl methyl sites for hydroxylation is 1. The van der Waals surface area contributed by atoms with Crippen molar-refractivity contribution in [3.05, 3.63) is 81.1 Å². The summed E-state index contributed by atoms with van der Waals surface area (Å²) in [4.78, 5) is 26.5. The first-order valence-corrected chi connectivity index (χ1v) is 11.6. The van der Waals surface area contributed by atoms with Crippen LogP contribution in [0.2, 0.25) is 0 Å². The first-order chi connectivity index (χ1) is 16.0. The third kappa shape index (κ3) is 2.94. The summed E-state index contributed by atoms with van der Waals surface area (Å²) in [6, 6.07) is 17.7. The van der Waals surface area contributed by atoms with Crippen molar-refractivity contribution in [2.75, 3.05) is 0 Å². The Morgan fingerprint density at radius 2 is 1.45 bits per heavy atom. The molecule has 33 heavy (non-hydrogen) atoms. The number of phenols is 1. The van der Waals surface area contributed by atoms with E-state index in [1.54, 1.807) is 6.07 Å². The molecule has 0 amide bonds. The third-order valence-electron chi connectivity index (χ3n) is 7.15. The summed E-state index contributed by atoms with van der Waals surface area (Å²) in [6.07, 6.45) is 4.79. The predicted molar refractivity (Wildman–Crippen MR) is 132 cm³/mol. The van der Waals surface area contributed by atoms with Crippen molar-refractivity contribution in [2.45, 2.75) is 45.1 Å². The number of rotatable bonds is 2. The first-order valence-electron chi connectivity index (χ1n) is 11.6. The second kappa shape index (κ2) is 7.37. The van der Waals surface area contributed by atoms with Crippen LogP contribution in [0, 0.1) is 6.92 Å². The van der Waals surface area contributed by atoms with Crippen LogP contribution in [-0.4, -0.2) is 19.5 Å². The molecule has 1 aromatic heterocycles. The molecule has 166 valence electrons. The average Bonchev–Trinajstić information content (AvgIpc) is 3.12. The van der Waals surface area contributed by atoms with Crippen molar-refractivity contribution < 1.29 is 5.11 Å². The van der Waals surface area contributed by atoms with Gasteiger partial charge in [0.1, 0.15) is 11.4 Å². The lowest BCUT2D eigenvalue weighted by molar-refractivity contribution is 0.339. The Bertz CT molecular complexity index is 1660. The lowest BCUT2D eigenvalue weighted by Gasteiger charge is -2.20. The van der Waals surface area contributed by atoms with Crippen molar-refractivity contribution in [1.82, 2.24) is 14.3 Å². The van der Waals surface area contributed by atoms with Gasteiger partial charge in [0.05, 0.1) is 0 Å². The summed E-state index contributed by atoms with van der Waals surface area (Å²) < 4.78 is 2.58. The Labute approximate surface area is 189 Å². The molecule has 0 atom stereocenters. The number of nitrogens with zero attached hydrogens (tertiary/aromatic N) is 2. The van der Waals surface area contributed by atoms with Crippen molar-refractivity contribution >= 4 is 32.3 Å². The van der Waals surface area contributed by atoms with Gasteiger partial charge in [-0.2, -0.15) is 4.68 Å². The van der Waals surface area contributed by atoms with Crippen LogP contribution in [0.5, 0.6) is 5.75 Å². The molecule has 0 unspecified atom stereocenters. The summed E-state index contributed by atoms with van der Waals surface area (Å²) in [5.74, 6) is -0.0419. The van der Waals surface area contributed by atoms with Gasteiger partial charge in [-0.1, -0.05) is 67.8 Å². The molecule has 6 nitrogen and oxygen atoms in total. The fourth-order valence-corrected chi connectivity index (χ4v) is 5.59. The zero-order valence-corrected chi connectivity index (χ0v) is 18.5. The number of nitrogens with one attached hydrogen (secondary N) is 1. The fraction of sp³-hybridized carbons (Fsp3) is 0.259. The molecule has 6 rings (SSSR count). The van der Waals surface area contributed by atoms with Crippen LogP contribution in [0.1, 0.15) is 43.7 Å². The highest BCUT2D eigenvalue weighted by Gasteiger charge is 2.24. The second-order valence-corrected chi connectivity index (χ2v) is 9.13. The van der Waals surface area contributed by atoms with E-state index in [2.05, 4.69) is 42.4 Å². The van der Waals surface area contributed by atoms with Crippen LogP contribution >= 0.6 is 0 Å². The van der Waals surface area contributed by atoms with Crippen LogP contribution < -0.4 is 11.4 Å². The number of fused-ring (bicyclic) bond motifs is 5. The maximum Gasteiger partial charge on any atom is 0.352 e. The maximum absolute atomic E-state index is 13.5. The number of phenolic OH excluding ortho intramolecular Hbond substituents is 1. The molecule has 1 fully saturated rings. The zero-order chi connectivity index (χ0) is 22.7. The molecule has 4 aromatic carbocycles. The molecule has 6 heteroatoms. The number of benzene rings is 4. The Balaban J connectivity index is 1.76. The monoisotopic (exact) mass is 439 g/mol.